The Morgan fingerprint density at radius 1 is 1.14 bits per heavy atom. The van der Waals surface area contributed by atoms with E-state index < -0.39 is 0 Å². The van der Waals surface area contributed by atoms with Crippen LogP contribution >= 0.6 is 0 Å². The number of nitrogens with one attached hydrogen (secondary N) is 1. The maximum Gasteiger partial charge on any atom is 0.0587 e. The molecule has 4 nitrogen and oxygen atoms in total. The van der Waals surface area contributed by atoms with Gasteiger partial charge in [-0.2, -0.15) is 0 Å². The molecule has 0 spiro atoms. The number of benzene rings is 1. The first-order valence-electron chi connectivity index (χ1n) is 7.69. The first kappa shape index (κ1) is 18.0. The Balaban J connectivity index is 2.62. The highest BCUT2D eigenvalue weighted by molar-refractivity contribution is 5.54. The average molecular weight is 293 g/mol. The number of hydrogen-bond donors (Lipinski definition) is 1. The van der Waals surface area contributed by atoms with Crippen LogP contribution in [0.5, 0.6) is 0 Å². The Labute approximate surface area is 130 Å². The molecule has 0 aliphatic heterocycles. The van der Waals surface area contributed by atoms with Gasteiger partial charge in [0.1, 0.15) is 0 Å². The van der Waals surface area contributed by atoms with Gasteiger partial charge in [-0.05, 0) is 45.6 Å². The number of anilines is 1. The van der Waals surface area contributed by atoms with Crippen LogP contribution in [0.15, 0.2) is 18.2 Å². The molecule has 1 rings (SSSR count). The Kier molecular flexibility index (Phi) is 8.35. The fraction of sp³-hybridized carbons (Fsp3) is 0.647. The lowest BCUT2D eigenvalue weighted by molar-refractivity contribution is 0.199. The van der Waals surface area contributed by atoms with Gasteiger partial charge in [0.25, 0.3) is 0 Å². The molecule has 0 unspecified atom stereocenters. The fourth-order valence-corrected chi connectivity index (χ4v) is 2.37. The van der Waals surface area contributed by atoms with Crippen LogP contribution in [0.2, 0.25) is 0 Å². The van der Waals surface area contributed by atoms with E-state index in [4.69, 9.17) is 4.74 Å². The summed E-state index contributed by atoms with van der Waals surface area (Å²) in [4.78, 5) is 4.59. The molecular weight excluding hydrogens is 262 g/mol. The highest BCUT2D eigenvalue weighted by Gasteiger charge is 2.07. The topological polar surface area (TPSA) is 27.7 Å². The predicted molar refractivity (Wildman–Crippen MR) is 91.2 cm³/mol. The minimum atomic E-state index is 0.750. The maximum atomic E-state index is 5.08. The van der Waals surface area contributed by atoms with Gasteiger partial charge in [0, 0.05) is 39.5 Å². The molecule has 0 heterocycles. The van der Waals surface area contributed by atoms with Crippen molar-refractivity contribution in [1.29, 1.82) is 0 Å². The van der Waals surface area contributed by atoms with Crippen LogP contribution in [0.1, 0.15) is 17.5 Å². The fourth-order valence-electron chi connectivity index (χ4n) is 2.37. The molecule has 0 saturated heterocycles. The first-order valence-corrected chi connectivity index (χ1v) is 7.69. The highest BCUT2D eigenvalue weighted by Crippen LogP contribution is 2.21. The number of methoxy groups -OCH3 is 1. The van der Waals surface area contributed by atoms with Crippen LogP contribution in [-0.4, -0.2) is 59.4 Å². The van der Waals surface area contributed by atoms with Crippen molar-refractivity contribution in [1.82, 2.24) is 10.2 Å². The normalized spacial score (nSPS) is 11.1. The van der Waals surface area contributed by atoms with Gasteiger partial charge in [0.05, 0.1) is 6.61 Å². The molecule has 120 valence electrons. The maximum absolute atomic E-state index is 5.08. The van der Waals surface area contributed by atoms with Gasteiger partial charge in [0.15, 0.2) is 0 Å². The van der Waals surface area contributed by atoms with Gasteiger partial charge in [-0.3, -0.25) is 0 Å². The summed E-state index contributed by atoms with van der Waals surface area (Å²) in [5.41, 5.74) is 3.99. The lowest BCUT2D eigenvalue weighted by Crippen LogP contribution is -2.26. The number of aryl methyl sites for hydroxylation is 1. The average Bonchev–Trinajstić information content (AvgIpc) is 2.43. The smallest absolute Gasteiger partial charge is 0.0587 e. The van der Waals surface area contributed by atoms with E-state index in [2.05, 4.69) is 61.4 Å². The SMILES string of the molecule is COCCNCc1cc(C)ccc1N(C)CCCN(C)C. The van der Waals surface area contributed by atoms with Gasteiger partial charge in [-0.1, -0.05) is 17.7 Å². The standard InChI is InChI=1S/C17H31N3O/c1-15-7-8-17(20(4)11-6-10-19(2)3)16(13-15)14-18-9-12-21-5/h7-8,13,18H,6,9-12,14H2,1-5H3. The van der Waals surface area contributed by atoms with Crippen LogP contribution in [0.3, 0.4) is 0 Å². The van der Waals surface area contributed by atoms with Crippen molar-refractivity contribution >= 4 is 5.69 Å². The van der Waals surface area contributed by atoms with Crippen molar-refractivity contribution in [3.63, 3.8) is 0 Å². The summed E-state index contributed by atoms with van der Waals surface area (Å²) in [6.45, 7) is 6.87. The molecule has 1 aromatic carbocycles. The monoisotopic (exact) mass is 293 g/mol. The van der Waals surface area contributed by atoms with E-state index in [-0.39, 0.29) is 0 Å². The largest absolute Gasteiger partial charge is 0.383 e. The molecule has 0 atom stereocenters. The molecule has 21 heavy (non-hydrogen) atoms. The summed E-state index contributed by atoms with van der Waals surface area (Å²) >= 11 is 0. The van der Waals surface area contributed by atoms with Crippen molar-refractivity contribution in [2.24, 2.45) is 0 Å². The lowest BCUT2D eigenvalue weighted by Gasteiger charge is -2.24. The Bertz CT molecular complexity index is 407. The van der Waals surface area contributed by atoms with Crippen LogP contribution in [0.4, 0.5) is 5.69 Å². The summed E-state index contributed by atoms with van der Waals surface area (Å²) in [6.07, 6.45) is 1.17. The predicted octanol–water partition coefficient (Wildman–Crippen LogP) is 2.12. The third kappa shape index (κ3) is 6.93. The molecule has 1 aromatic rings. The van der Waals surface area contributed by atoms with E-state index in [1.54, 1.807) is 7.11 Å². The first-order chi connectivity index (χ1) is 10.0. The molecule has 0 radical (unpaired) electrons. The van der Waals surface area contributed by atoms with E-state index in [0.717, 1.165) is 32.8 Å². The molecule has 0 bridgehead atoms. The second-order valence-electron chi connectivity index (χ2n) is 5.88. The zero-order valence-corrected chi connectivity index (χ0v) is 14.3. The van der Waals surface area contributed by atoms with Crippen molar-refractivity contribution in [3.05, 3.63) is 29.3 Å². The quantitative estimate of drug-likeness (QED) is 0.669. The zero-order valence-electron chi connectivity index (χ0n) is 14.3. The second kappa shape index (κ2) is 9.77. The van der Waals surface area contributed by atoms with Crippen LogP contribution < -0.4 is 10.2 Å². The molecular formula is C17H31N3O. The number of nitrogens with zero attached hydrogens (tertiary/aromatic N) is 2. The lowest BCUT2D eigenvalue weighted by atomic mass is 10.1. The van der Waals surface area contributed by atoms with Gasteiger partial charge in [0.2, 0.25) is 0 Å². The van der Waals surface area contributed by atoms with E-state index in [9.17, 15) is 0 Å². The summed E-state index contributed by atoms with van der Waals surface area (Å²) < 4.78 is 5.08. The minimum Gasteiger partial charge on any atom is -0.383 e. The van der Waals surface area contributed by atoms with Gasteiger partial charge < -0.3 is 19.9 Å². The van der Waals surface area contributed by atoms with Crippen molar-refractivity contribution in [2.75, 3.05) is 59.4 Å². The third-order valence-corrected chi connectivity index (χ3v) is 3.54. The Morgan fingerprint density at radius 3 is 2.57 bits per heavy atom. The van der Waals surface area contributed by atoms with Crippen molar-refractivity contribution in [3.8, 4) is 0 Å². The molecule has 1 N–H and O–H groups in total. The van der Waals surface area contributed by atoms with E-state index in [0.29, 0.717) is 0 Å². The Morgan fingerprint density at radius 2 is 1.90 bits per heavy atom. The Hall–Kier alpha value is -1.10. The molecule has 0 amide bonds. The van der Waals surface area contributed by atoms with Gasteiger partial charge in [-0.25, -0.2) is 0 Å². The van der Waals surface area contributed by atoms with Crippen molar-refractivity contribution < 1.29 is 4.74 Å². The summed E-state index contributed by atoms with van der Waals surface area (Å²) in [5.74, 6) is 0. The van der Waals surface area contributed by atoms with E-state index in [1.165, 1.54) is 23.2 Å². The number of hydrogen-bond acceptors (Lipinski definition) is 4. The van der Waals surface area contributed by atoms with E-state index in [1.807, 2.05) is 0 Å². The summed E-state index contributed by atoms with van der Waals surface area (Å²) in [6, 6.07) is 6.70. The van der Waals surface area contributed by atoms with E-state index >= 15 is 0 Å². The number of rotatable bonds is 10. The summed E-state index contributed by atoms with van der Waals surface area (Å²) in [5, 5.41) is 3.44. The number of ether oxygens (including phenoxy) is 1. The van der Waals surface area contributed by atoms with Crippen molar-refractivity contribution in [2.45, 2.75) is 19.9 Å². The molecule has 0 aliphatic carbocycles. The van der Waals surface area contributed by atoms with Crippen LogP contribution in [0, 0.1) is 6.92 Å². The zero-order chi connectivity index (χ0) is 15.7. The molecule has 0 aromatic heterocycles. The highest BCUT2D eigenvalue weighted by atomic mass is 16.5. The molecule has 4 heteroatoms. The second-order valence-corrected chi connectivity index (χ2v) is 5.88. The van der Waals surface area contributed by atoms with Crippen LogP contribution in [0.25, 0.3) is 0 Å². The minimum absolute atomic E-state index is 0.750. The molecule has 0 saturated carbocycles. The van der Waals surface area contributed by atoms with Gasteiger partial charge >= 0.3 is 0 Å². The molecule has 0 aliphatic rings. The van der Waals surface area contributed by atoms with Crippen LogP contribution in [-0.2, 0) is 11.3 Å². The third-order valence-electron chi connectivity index (χ3n) is 3.54. The summed E-state index contributed by atoms with van der Waals surface area (Å²) in [7, 11) is 8.16. The molecule has 0 fully saturated rings. The van der Waals surface area contributed by atoms with Gasteiger partial charge in [-0.15, -0.1) is 0 Å².